The van der Waals surface area contributed by atoms with Gasteiger partial charge in [0, 0.05) is 11.1 Å². The highest BCUT2D eigenvalue weighted by molar-refractivity contribution is 7.89. The summed E-state index contributed by atoms with van der Waals surface area (Å²) in [6.07, 6.45) is 0. The Kier molecular flexibility index (Phi) is 4.31. The number of nitrogens with two attached hydrogens (primary N) is 1. The first-order valence-electron chi connectivity index (χ1n) is 5.88. The molecule has 0 unspecified atom stereocenters. The van der Waals surface area contributed by atoms with Crippen LogP contribution >= 0.6 is 11.3 Å². The van der Waals surface area contributed by atoms with Crippen LogP contribution in [0.3, 0.4) is 0 Å². The highest BCUT2D eigenvalue weighted by atomic mass is 32.2. The number of carbonyl (C=O) groups is 1. The number of thiophene rings is 1. The summed E-state index contributed by atoms with van der Waals surface area (Å²) < 4.78 is 28.0. The topological polar surface area (TPSA) is 98.5 Å². The molecule has 3 N–H and O–H groups in total. The van der Waals surface area contributed by atoms with Gasteiger partial charge in [-0.15, -0.1) is 0 Å². The lowest BCUT2D eigenvalue weighted by molar-refractivity contribution is 0.102. The normalized spacial score (nSPS) is 11.2. The van der Waals surface area contributed by atoms with Gasteiger partial charge in [0.15, 0.2) is 0 Å². The molecule has 1 amide bonds. The van der Waals surface area contributed by atoms with Crippen LogP contribution in [0.2, 0.25) is 0 Å². The Morgan fingerprint density at radius 1 is 1.33 bits per heavy atom. The van der Waals surface area contributed by atoms with E-state index < -0.39 is 10.0 Å². The van der Waals surface area contributed by atoms with Crippen LogP contribution in [0.1, 0.15) is 15.9 Å². The molecule has 0 saturated heterocycles. The first-order chi connectivity index (χ1) is 9.82. The fourth-order valence-corrected chi connectivity index (χ4v) is 3.32. The molecule has 0 bridgehead atoms. The fourth-order valence-electron chi connectivity index (χ4n) is 1.77. The third-order valence-electron chi connectivity index (χ3n) is 2.83. The lowest BCUT2D eigenvalue weighted by Crippen LogP contribution is -2.16. The van der Waals surface area contributed by atoms with Crippen molar-refractivity contribution in [2.75, 3.05) is 12.4 Å². The predicted molar refractivity (Wildman–Crippen MR) is 81.4 cm³/mol. The highest BCUT2D eigenvalue weighted by Gasteiger charge is 2.17. The number of anilines is 1. The van der Waals surface area contributed by atoms with Crippen LogP contribution in [0.15, 0.2) is 33.9 Å². The average molecular weight is 326 g/mol. The number of methoxy groups -OCH3 is 1. The summed E-state index contributed by atoms with van der Waals surface area (Å²) in [6, 6.07) is 4.26. The Bertz CT molecular complexity index is 781. The monoisotopic (exact) mass is 326 g/mol. The van der Waals surface area contributed by atoms with Gasteiger partial charge in [0.25, 0.3) is 5.91 Å². The van der Waals surface area contributed by atoms with Crippen molar-refractivity contribution in [2.45, 2.75) is 11.8 Å². The van der Waals surface area contributed by atoms with Gasteiger partial charge >= 0.3 is 0 Å². The van der Waals surface area contributed by atoms with Crippen molar-refractivity contribution in [2.24, 2.45) is 5.14 Å². The minimum Gasteiger partial charge on any atom is -0.495 e. The van der Waals surface area contributed by atoms with Crippen molar-refractivity contribution in [1.82, 2.24) is 0 Å². The van der Waals surface area contributed by atoms with E-state index in [1.54, 1.807) is 11.4 Å². The maximum atomic E-state index is 12.1. The maximum Gasteiger partial charge on any atom is 0.256 e. The quantitative estimate of drug-likeness (QED) is 0.897. The van der Waals surface area contributed by atoms with E-state index in [2.05, 4.69) is 5.32 Å². The van der Waals surface area contributed by atoms with Crippen LogP contribution in [0.5, 0.6) is 5.75 Å². The fraction of sp³-hybridized carbons (Fsp3) is 0.154. The summed E-state index contributed by atoms with van der Waals surface area (Å²) in [5.74, 6) is -0.179. The number of hydrogen-bond acceptors (Lipinski definition) is 5. The smallest absolute Gasteiger partial charge is 0.256 e. The second kappa shape index (κ2) is 5.84. The van der Waals surface area contributed by atoms with Gasteiger partial charge in [-0.05, 0) is 36.1 Å². The van der Waals surface area contributed by atoms with Gasteiger partial charge in [0.2, 0.25) is 10.0 Å². The molecule has 2 rings (SSSR count). The van der Waals surface area contributed by atoms with Crippen LogP contribution in [-0.4, -0.2) is 21.4 Å². The first kappa shape index (κ1) is 15.5. The number of aryl methyl sites for hydroxylation is 1. The van der Waals surface area contributed by atoms with Crippen molar-refractivity contribution in [3.63, 3.8) is 0 Å². The lowest BCUT2D eigenvalue weighted by Gasteiger charge is -2.10. The number of sulfonamides is 1. The molecular formula is C13H14N2O4S2. The zero-order valence-electron chi connectivity index (χ0n) is 11.4. The average Bonchev–Trinajstić information content (AvgIpc) is 2.84. The molecule has 0 aliphatic rings. The molecule has 0 fully saturated rings. The molecule has 1 aromatic heterocycles. The minimum absolute atomic E-state index is 0.127. The molecule has 0 atom stereocenters. The number of benzene rings is 1. The molecule has 0 spiro atoms. The van der Waals surface area contributed by atoms with Crippen molar-refractivity contribution in [3.8, 4) is 5.75 Å². The van der Waals surface area contributed by atoms with E-state index in [-0.39, 0.29) is 16.6 Å². The van der Waals surface area contributed by atoms with Crippen molar-refractivity contribution in [1.29, 1.82) is 0 Å². The maximum absolute atomic E-state index is 12.1. The second-order valence-corrected chi connectivity index (χ2v) is 6.61. The Hall–Kier alpha value is -1.90. The molecular weight excluding hydrogens is 312 g/mol. The van der Waals surface area contributed by atoms with Crippen molar-refractivity contribution in [3.05, 3.63) is 40.1 Å². The summed E-state index contributed by atoms with van der Waals surface area (Å²) in [5.41, 5.74) is 1.74. The number of nitrogens with one attached hydrogen (secondary N) is 1. The number of ether oxygens (including phenoxy) is 1. The Morgan fingerprint density at radius 3 is 2.57 bits per heavy atom. The van der Waals surface area contributed by atoms with E-state index in [0.717, 1.165) is 5.56 Å². The predicted octanol–water partition coefficient (Wildman–Crippen LogP) is 1.96. The van der Waals surface area contributed by atoms with Crippen LogP contribution in [0.25, 0.3) is 0 Å². The summed E-state index contributed by atoms with van der Waals surface area (Å²) in [6.45, 7) is 1.83. The number of carbonyl (C=O) groups excluding carboxylic acids is 1. The molecule has 0 aliphatic heterocycles. The van der Waals surface area contributed by atoms with Gasteiger partial charge in [-0.3, -0.25) is 4.79 Å². The Labute approximate surface area is 126 Å². The molecule has 0 saturated carbocycles. The van der Waals surface area contributed by atoms with Crippen LogP contribution in [0, 0.1) is 6.92 Å². The second-order valence-electron chi connectivity index (χ2n) is 4.33. The van der Waals surface area contributed by atoms with Gasteiger partial charge in [-0.25, -0.2) is 13.6 Å². The molecule has 0 radical (unpaired) electrons. The Morgan fingerprint density at radius 2 is 2.05 bits per heavy atom. The molecule has 8 heteroatoms. The molecule has 1 heterocycles. The number of hydrogen-bond donors (Lipinski definition) is 2. The first-order valence-corrected chi connectivity index (χ1v) is 8.37. The standard InChI is InChI=1S/C13H14N2O4S2/c1-8-6-20-7-10(8)13(16)15-9-3-4-11(19-2)12(5-9)21(14,17)18/h3-7H,1-2H3,(H,15,16)(H2,14,17,18). The summed E-state index contributed by atoms with van der Waals surface area (Å²) >= 11 is 1.42. The number of amides is 1. The molecule has 2 aromatic rings. The molecule has 112 valence electrons. The zero-order chi connectivity index (χ0) is 15.6. The molecule has 21 heavy (non-hydrogen) atoms. The van der Waals surface area contributed by atoms with E-state index in [9.17, 15) is 13.2 Å². The van der Waals surface area contributed by atoms with E-state index in [1.807, 2.05) is 12.3 Å². The molecule has 1 aromatic carbocycles. The summed E-state index contributed by atoms with van der Waals surface area (Å²) in [4.78, 5) is 11.9. The van der Waals surface area contributed by atoms with Gasteiger partial charge in [-0.2, -0.15) is 11.3 Å². The number of primary sulfonamides is 1. The highest BCUT2D eigenvalue weighted by Crippen LogP contribution is 2.26. The largest absolute Gasteiger partial charge is 0.495 e. The third-order valence-corrected chi connectivity index (χ3v) is 4.62. The molecule has 0 aliphatic carbocycles. The van der Waals surface area contributed by atoms with Gasteiger partial charge in [0.1, 0.15) is 10.6 Å². The van der Waals surface area contributed by atoms with Crippen LogP contribution in [0.4, 0.5) is 5.69 Å². The van der Waals surface area contributed by atoms with Crippen LogP contribution in [-0.2, 0) is 10.0 Å². The van der Waals surface area contributed by atoms with Crippen molar-refractivity contribution < 1.29 is 17.9 Å². The van der Waals surface area contributed by atoms with Gasteiger partial charge in [0.05, 0.1) is 12.7 Å². The van der Waals surface area contributed by atoms with Crippen molar-refractivity contribution >= 4 is 33.0 Å². The third kappa shape index (κ3) is 3.41. The summed E-state index contributed by atoms with van der Waals surface area (Å²) in [7, 11) is -2.60. The minimum atomic E-state index is -3.94. The lowest BCUT2D eigenvalue weighted by atomic mass is 10.2. The zero-order valence-corrected chi connectivity index (χ0v) is 13.0. The van der Waals surface area contributed by atoms with Crippen LogP contribution < -0.4 is 15.2 Å². The molecule has 6 nitrogen and oxygen atoms in total. The van der Waals surface area contributed by atoms with Gasteiger partial charge in [-0.1, -0.05) is 0 Å². The van der Waals surface area contributed by atoms with E-state index in [4.69, 9.17) is 9.88 Å². The SMILES string of the molecule is COc1ccc(NC(=O)c2cscc2C)cc1S(N)(=O)=O. The Balaban J connectivity index is 2.34. The summed E-state index contributed by atoms with van der Waals surface area (Å²) in [5, 5.41) is 11.4. The van der Waals surface area contributed by atoms with E-state index in [1.165, 1.54) is 30.6 Å². The van der Waals surface area contributed by atoms with E-state index >= 15 is 0 Å². The van der Waals surface area contributed by atoms with E-state index in [0.29, 0.717) is 11.3 Å². The number of rotatable bonds is 4. The van der Waals surface area contributed by atoms with Gasteiger partial charge < -0.3 is 10.1 Å².